The molecule has 0 atom stereocenters. The molecule has 112 valence electrons. The van der Waals surface area contributed by atoms with Gasteiger partial charge >= 0.3 is 0 Å². The van der Waals surface area contributed by atoms with Crippen molar-refractivity contribution in [3.63, 3.8) is 0 Å². The summed E-state index contributed by atoms with van der Waals surface area (Å²) in [7, 11) is 0. The quantitative estimate of drug-likeness (QED) is 0.612. The zero-order chi connectivity index (χ0) is 15.7. The smallest absolute Gasteiger partial charge is 0.271 e. The highest BCUT2D eigenvalue weighted by atomic mass is 16.3. The Balaban J connectivity index is 1.80. The Morgan fingerprint density at radius 2 is 1.86 bits per heavy atom. The molecule has 3 N–H and O–H groups in total. The van der Waals surface area contributed by atoms with Crippen LogP contribution in [0.2, 0.25) is 0 Å². The Hall–Kier alpha value is -3.09. The molecule has 0 saturated carbocycles. The van der Waals surface area contributed by atoms with Crippen LogP contribution in [0.25, 0.3) is 0 Å². The van der Waals surface area contributed by atoms with Crippen molar-refractivity contribution in [3.8, 4) is 0 Å². The Morgan fingerprint density at radius 3 is 2.55 bits per heavy atom. The van der Waals surface area contributed by atoms with Gasteiger partial charge in [-0.15, -0.1) is 0 Å². The number of hydrogen-bond acceptors (Lipinski definition) is 6. The summed E-state index contributed by atoms with van der Waals surface area (Å²) in [6.45, 7) is 2.09. The standard InChI is InChI=1S/C15H13N3O4/c1-8-4-5-9(22-8)7-17-11-12(14(20)13(11)19)18-10-3-2-6-16-15(10)21/h2-6,17-18H,7H2,1H3,(H,16,21). The topological polar surface area (TPSA) is 104 Å². The van der Waals surface area contributed by atoms with Gasteiger partial charge in [0.25, 0.3) is 16.4 Å². The fourth-order valence-electron chi connectivity index (χ4n) is 2.09. The molecule has 3 rings (SSSR count). The molecule has 0 bridgehead atoms. The van der Waals surface area contributed by atoms with Crippen LogP contribution in [0, 0.1) is 6.92 Å². The van der Waals surface area contributed by atoms with Gasteiger partial charge in [-0.1, -0.05) is 0 Å². The summed E-state index contributed by atoms with van der Waals surface area (Å²) in [5.41, 5.74) is -1.19. The number of aromatic amines is 1. The SMILES string of the molecule is Cc1ccc(CNc2c(Nc3ccc[nH]c3=O)c(=O)c2=O)o1. The highest BCUT2D eigenvalue weighted by molar-refractivity contribution is 5.78. The minimum atomic E-state index is -0.652. The number of H-pyrrole nitrogens is 1. The number of furan rings is 1. The number of anilines is 3. The van der Waals surface area contributed by atoms with E-state index in [-0.39, 0.29) is 29.2 Å². The first-order chi connectivity index (χ1) is 10.6. The Labute approximate surface area is 124 Å². The number of aryl methyl sites for hydroxylation is 1. The highest BCUT2D eigenvalue weighted by Crippen LogP contribution is 2.19. The van der Waals surface area contributed by atoms with E-state index in [4.69, 9.17) is 4.42 Å². The third-order valence-corrected chi connectivity index (χ3v) is 3.22. The van der Waals surface area contributed by atoms with Crippen LogP contribution in [0.5, 0.6) is 0 Å². The Bertz CT molecular complexity index is 944. The number of aromatic nitrogens is 1. The average Bonchev–Trinajstić information content (AvgIpc) is 2.93. The molecular weight excluding hydrogens is 286 g/mol. The summed E-state index contributed by atoms with van der Waals surface area (Å²) >= 11 is 0. The molecule has 0 aliphatic heterocycles. The van der Waals surface area contributed by atoms with Gasteiger partial charge < -0.3 is 20.0 Å². The van der Waals surface area contributed by atoms with Crippen LogP contribution in [-0.2, 0) is 6.54 Å². The monoisotopic (exact) mass is 299 g/mol. The zero-order valence-electron chi connectivity index (χ0n) is 11.7. The van der Waals surface area contributed by atoms with Crippen LogP contribution in [0.15, 0.2) is 49.3 Å². The molecule has 0 aliphatic carbocycles. The molecule has 0 aliphatic rings. The average molecular weight is 299 g/mol. The van der Waals surface area contributed by atoms with Crippen LogP contribution in [0.3, 0.4) is 0 Å². The largest absolute Gasteiger partial charge is 0.465 e. The molecule has 22 heavy (non-hydrogen) atoms. The third-order valence-electron chi connectivity index (χ3n) is 3.22. The zero-order valence-corrected chi connectivity index (χ0v) is 11.7. The number of rotatable bonds is 5. The van der Waals surface area contributed by atoms with Gasteiger partial charge in [0, 0.05) is 6.20 Å². The molecule has 2 aromatic heterocycles. The second-order valence-corrected chi connectivity index (χ2v) is 4.81. The van der Waals surface area contributed by atoms with Crippen molar-refractivity contribution in [2.45, 2.75) is 13.5 Å². The van der Waals surface area contributed by atoms with E-state index >= 15 is 0 Å². The lowest BCUT2D eigenvalue weighted by Gasteiger charge is -2.13. The molecule has 7 nitrogen and oxygen atoms in total. The lowest BCUT2D eigenvalue weighted by atomic mass is 10.2. The lowest BCUT2D eigenvalue weighted by molar-refractivity contribution is 0.490. The van der Waals surface area contributed by atoms with Crippen molar-refractivity contribution < 1.29 is 4.42 Å². The Kier molecular flexibility index (Phi) is 3.38. The van der Waals surface area contributed by atoms with Crippen LogP contribution in [-0.4, -0.2) is 4.98 Å². The van der Waals surface area contributed by atoms with Crippen molar-refractivity contribution in [1.29, 1.82) is 0 Å². The van der Waals surface area contributed by atoms with E-state index in [9.17, 15) is 14.4 Å². The maximum atomic E-state index is 11.7. The van der Waals surface area contributed by atoms with Gasteiger partial charge in [-0.2, -0.15) is 0 Å². The van der Waals surface area contributed by atoms with Crippen molar-refractivity contribution in [2.75, 3.05) is 10.6 Å². The van der Waals surface area contributed by atoms with Crippen LogP contribution in [0.4, 0.5) is 17.1 Å². The molecule has 2 heterocycles. The van der Waals surface area contributed by atoms with Crippen molar-refractivity contribution in [3.05, 3.63) is 72.8 Å². The van der Waals surface area contributed by atoms with E-state index in [0.29, 0.717) is 5.76 Å². The van der Waals surface area contributed by atoms with Crippen molar-refractivity contribution >= 4 is 17.1 Å². The number of hydrogen-bond donors (Lipinski definition) is 3. The number of pyridine rings is 1. The first kappa shape index (κ1) is 13.9. The predicted molar refractivity (Wildman–Crippen MR) is 82.5 cm³/mol. The van der Waals surface area contributed by atoms with E-state index in [0.717, 1.165) is 5.76 Å². The van der Waals surface area contributed by atoms with E-state index in [1.807, 2.05) is 13.0 Å². The predicted octanol–water partition coefficient (Wildman–Crippen LogP) is 1.23. The van der Waals surface area contributed by atoms with E-state index < -0.39 is 10.9 Å². The third kappa shape index (κ3) is 2.44. The molecule has 3 aromatic rings. The molecule has 7 heteroatoms. The summed E-state index contributed by atoms with van der Waals surface area (Å²) in [6, 6.07) is 6.73. The van der Waals surface area contributed by atoms with Crippen molar-refractivity contribution in [2.24, 2.45) is 0 Å². The normalized spacial score (nSPS) is 10.8. The van der Waals surface area contributed by atoms with Crippen molar-refractivity contribution in [1.82, 2.24) is 4.98 Å². The summed E-state index contributed by atoms with van der Waals surface area (Å²) in [4.78, 5) is 37.4. The van der Waals surface area contributed by atoms with Gasteiger partial charge in [0.2, 0.25) is 0 Å². The minimum absolute atomic E-state index is 0.0879. The minimum Gasteiger partial charge on any atom is -0.465 e. The molecular formula is C15H13N3O4. The molecule has 0 unspecified atom stereocenters. The summed E-state index contributed by atoms with van der Waals surface area (Å²) in [5, 5.41) is 5.55. The maximum absolute atomic E-state index is 11.7. The lowest BCUT2D eigenvalue weighted by Crippen LogP contribution is -2.37. The van der Waals surface area contributed by atoms with Crippen LogP contribution < -0.4 is 27.1 Å². The van der Waals surface area contributed by atoms with Crippen LogP contribution >= 0.6 is 0 Å². The van der Waals surface area contributed by atoms with E-state index in [2.05, 4.69) is 15.6 Å². The first-order valence-electron chi connectivity index (χ1n) is 6.63. The van der Waals surface area contributed by atoms with Gasteiger partial charge in [-0.05, 0) is 31.2 Å². The van der Waals surface area contributed by atoms with Gasteiger partial charge in [0.05, 0.1) is 6.54 Å². The second-order valence-electron chi connectivity index (χ2n) is 4.81. The van der Waals surface area contributed by atoms with E-state index in [1.165, 1.54) is 12.3 Å². The fraction of sp³-hybridized carbons (Fsp3) is 0.133. The molecule has 0 amide bonds. The second kappa shape index (κ2) is 5.36. The molecule has 0 radical (unpaired) electrons. The van der Waals surface area contributed by atoms with Gasteiger partial charge in [0.1, 0.15) is 28.6 Å². The number of nitrogens with one attached hydrogen (secondary N) is 3. The summed E-state index contributed by atoms with van der Waals surface area (Å²) < 4.78 is 5.38. The van der Waals surface area contributed by atoms with Crippen LogP contribution in [0.1, 0.15) is 11.5 Å². The van der Waals surface area contributed by atoms with Gasteiger partial charge in [-0.25, -0.2) is 0 Å². The van der Waals surface area contributed by atoms with Gasteiger partial charge in [-0.3, -0.25) is 14.4 Å². The molecule has 0 saturated heterocycles. The summed E-state index contributed by atoms with van der Waals surface area (Å²) in [6.07, 6.45) is 1.48. The maximum Gasteiger partial charge on any atom is 0.271 e. The molecule has 1 aromatic carbocycles. The molecule has 0 fully saturated rings. The Morgan fingerprint density at radius 1 is 1.09 bits per heavy atom. The summed E-state index contributed by atoms with van der Waals surface area (Å²) in [5.74, 6) is 1.41. The molecule has 0 spiro atoms. The fourth-order valence-corrected chi connectivity index (χ4v) is 2.09. The van der Waals surface area contributed by atoms with Gasteiger partial charge in [0.15, 0.2) is 0 Å². The highest BCUT2D eigenvalue weighted by Gasteiger charge is 2.21. The first-order valence-corrected chi connectivity index (χ1v) is 6.63. The van der Waals surface area contributed by atoms with E-state index in [1.54, 1.807) is 12.1 Å².